The van der Waals surface area contributed by atoms with E-state index in [1.807, 2.05) is 18.2 Å². The van der Waals surface area contributed by atoms with Crippen LogP contribution < -0.4 is 14.2 Å². The summed E-state index contributed by atoms with van der Waals surface area (Å²) < 4.78 is 25.2. The van der Waals surface area contributed by atoms with E-state index in [1.165, 1.54) is 11.6 Å². The number of carboxylic acid groups (broad SMARTS) is 1. The van der Waals surface area contributed by atoms with Crippen molar-refractivity contribution < 1.29 is 28.8 Å². The minimum atomic E-state index is -0.998. The molecule has 2 aliphatic heterocycles. The van der Waals surface area contributed by atoms with Gasteiger partial charge in [0.25, 0.3) is 0 Å². The van der Waals surface area contributed by atoms with Crippen LogP contribution in [0.4, 0.5) is 0 Å². The molecule has 0 aliphatic carbocycles. The minimum absolute atomic E-state index is 0.0946. The number of hydrogen-bond acceptors (Lipinski definition) is 8. The minimum Gasteiger partial charge on any atom is -0.496 e. The molecule has 10 heteroatoms. The highest BCUT2D eigenvalue weighted by Crippen LogP contribution is 2.36. The third-order valence-electron chi connectivity index (χ3n) is 8.66. The lowest BCUT2D eigenvalue weighted by Gasteiger charge is -2.33. The number of carbonyl (C=O) groups is 1. The molecule has 0 saturated carbocycles. The number of rotatable bonds is 11. The van der Waals surface area contributed by atoms with Gasteiger partial charge < -0.3 is 28.6 Å². The highest BCUT2D eigenvalue weighted by Gasteiger charge is 2.27. The summed E-state index contributed by atoms with van der Waals surface area (Å²) in [6, 6.07) is 19.0. The Morgan fingerprint density at radius 2 is 1.82 bits per heavy atom. The molecule has 6 rings (SSSR count). The summed E-state index contributed by atoms with van der Waals surface area (Å²) in [5.74, 6) is 2.20. The average molecular weight is 597 g/mol. The molecule has 3 heterocycles. The van der Waals surface area contributed by atoms with Crippen LogP contribution in [0.15, 0.2) is 54.6 Å². The topological polar surface area (TPSA) is 119 Å². The number of methoxy groups -OCH3 is 2. The van der Waals surface area contributed by atoms with Gasteiger partial charge in [0.2, 0.25) is 0 Å². The van der Waals surface area contributed by atoms with Gasteiger partial charge in [-0.15, -0.1) is 0 Å². The largest absolute Gasteiger partial charge is 0.496 e. The maximum Gasteiger partial charge on any atom is 0.335 e. The van der Waals surface area contributed by atoms with E-state index in [1.54, 1.807) is 32.4 Å². The van der Waals surface area contributed by atoms with Gasteiger partial charge in [-0.25, -0.2) is 9.78 Å². The standard InChI is InChI=1S/C34H36N4O6/c1-41-30-15-22(18-35)7-8-24(30)21-44-29-6-4-3-5-27(29)23-9-12-37(13-10-23)20-32-36-33-28(38(32)19-26-11-14-43-26)16-25(34(39)40)17-31(33)42-2/h3-8,15-17,23,26H,9-14,19-21H2,1-2H3,(H,39,40). The van der Waals surface area contributed by atoms with Crippen molar-refractivity contribution in [1.29, 1.82) is 5.26 Å². The number of ether oxygens (including phenoxy) is 4. The molecular weight excluding hydrogens is 560 g/mol. The maximum absolute atomic E-state index is 11.8. The molecule has 1 N–H and O–H groups in total. The number of benzene rings is 3. The van der Waals surface area contributed by atoms with Crippen molar-refractivity contribution in [1.82, 2.24) is 14.5 Å². The smallest absolute Gasteiger partial charge is 0.335 e. The Morgan fingerprint density at radius 1 is 1.05 bits per heavy atom. The number of fused-ring (bicyclic) bond motifs is 1. The zero-order valence-electron chi connectivity index (χ0n) is 25.0. The zero-order valence-corrected chi connectivity index (χ0v) is 25.0. The summed E-state index contributed by atoms with van der Waals surface area (Å²) >= 11 is 0. The fraction of sp³-hybridized carbons (Fsp3) is 0.382. The van der Waals surface area contributed by atoms with Gasteiger partial charge in [-0.05, 0) is 74.2 Å². The third kappa shape index (κ3) is 6.07. The molecule has 3 aromatic carbocycles. The first kappa shape index (κ1) is 29.5. The van der Waals surface area contributed by atoms with Gasteiger partial charge in [-0.3, -0.25) is 4.90 Å². The van der Waals surface area contributed by atoms with E-state index < -0.39 is 5.97 Å². The monoisotopic (exact) mass is 596 g/mol. The highest BCUT2D eigenvalue weighted by molar-refractivity contribution is 5.95. The second-order valence-corrected chi connectivity index (χ2v) is 11.3. The van der Waals surface area contributed by atoms with Gasteiger partial charge in [0.15, 0.2) is 0 Å². The third-order valence-corrected chi connectivity index (χ3v) is 8.66. The quantitative estimate of drug-likeness (QED) is 0.244. The van der Waals surface area contributed by atoms with Gasteiger partial charge in [0, 0.05) is 12.2 Å². The van der Waals surface area contributed by atoms with Crippen molar-refractivity contribution >= 4 is 17.0 Å². The predicted molar refractivity (Wildman–Crippen MR) is 163 cm³/mol. The molecule has 1 unspecified atom stereocenters. The van der Waals surface area contributed by atoms with Crippen molar-refractivity contribution in [3.8, 4) is 23.3 Å². The Kier molecular flexibility index (Phi) is 8.68. The van der Waals surface area contributed by atoms with Crippen LogP contribution in [0.2, 0.25) is 0 Å². The van der Waals surface area contributed by atoms with E-state index in [2.05, 4.69) is 27.7 Å². The van der Waals surface area contributed by atoms with Crippen LogP contribution in [0, 0.1) is 11.3 Å². The van der Waals surface area contributed by atoms with Crippen LogP contribution >= 0.6 is 0 Å². The number of aromatic nitrogens is 2. The molecule has 0 amide bonds. The number of nitrogens with zero attached hydrogens (tertiary/aromatic N) is 4. The first-order valence-electron chi connectivity index (χ1n) is 14.9. The van der Waals surface area contributed by atoms with Crippen LogP contribution in [-0.2, 0) is 24.4 Å². The molecule has 44 heavy (non-hydrogen) atoms. The Labute approximate surface area is 256 Å². The average Bonchev–Trinajstić information content (AvgIpc) is 3.38. The van der Waals surface area contributed by atoms with Crippen LogP contribution in [0.5, 0.6) is 17.2 Å². The van der Waals surface area contributed by atoms with Crippen LogP contribution in [-0.4, -0.2) is 65.5 Å². The molecule has 10 nitrogen and oxygen atoms in total. The summed E-state index contributed by atoms with van der Waals surface area (Å²) in [5.41, 5.74) is 4.24. The lowest BCUT2D eigenvalue weighted by atomic mass is 9.89. The number of para-hydroxylation sites is 1. The van der Waals surface area contributed by atoms with Gasteiger partial charge in [0.1, 0.15) is 35.2 Å². The first-order valence-corrected chi connectivity index (χ1v) is 14.9. The molecule has 1 atom stereocenters. The van der Waals surface area contributed by atoms with Crippen molar-refractivity contribution in [2.45, 2.75) is 51.0 Å². The summed E-state index contributed by atoms with van der Waals surface area (Å²) in [6.45, 7) is 4.15. The van der Waals surface area contributed by atoms with E-state index in [0.29, 0.717) is 48.2 Å². The Balaban J connectivity index is 1.17. The van der Waals surface area contributed by atoms with E-state index in [4.69, 9.17) is 23.9 Å². The van der Waals surface area contributed by atoms with Crippen molar-refractivity contribution in [2.75, 3.05) is 33.9 Å². The molecule has 0 bridgehead atoms. The lowest BCUT2D eigenvalue weighted by Crippen LogP contribution is -2.35. The fourth-order valence-corrected chi connectivity index (χ4v) is 6.12. The Morgan fingerprint density at radius 3 is 2.50 bits per heavy atom. The van der Waals surface area contributed by atoms with Crippen LogP contribution in [0.25, 0.3) is 11.0 Å². The highest BCUT2D eigenvalue weighted by atomic mass is 16.5. The van der Waals surface area contributed by atoms with Gasteiger partial charge in [0.05, 0.1) is 56.1 Å². The van der Waals surface area contributed by atoms with Gasteiger partial charge in [-0.1, -0.05) is 24.3 Å². The summed E-state index contributed by atoms with van der Waals surface area (Å²) in [7, 11) is 3.14. The maximum atomic E-state index is 11.8. The number of likely N-dealkylation sites (tertiary alicyclic amines) is 1. The summed E-state index contributed by atoms with van der Waals surface area (Å²) in [5, 5.41) is 18.9. The van der Waals surface area contributed by atoms with Gasteiger partial charge in [-0.2, -0.15) is 5.26 Å². The second kappa shape index (κ2) is 13.0. The lowest BCUT2D eigenvalue weighted by molar-refractivity contribution is -0.0592. The molecule has 1 aromatic heterocycles. The molecule has 2 saturated heterocycles. The van der Waals surface area contributed by atoms with Gasteiger partial charge >= 0.3 is 5.97 Å². The molecule has 4 aromatic rings. The number of imidazole rings is 1. The molecular formula is C34H36N4O6. The van der Waals surface area contributed by atoms with E-state index in [9.17, 15) is 15.2 Å². The van der Waals surface area contributed by atoms with E-state index in [0.717, 1.165) is 61.6 Å². The molecule has 2 aliphatic rings. The zero-order chi connectivity index (χ0) is 30.6. The number of hydrogen-bond donors (Lipinski definition) is 1. The Hall–Kier alpha value is -4.59. The molecule has 0 spiro atoms. The van der Waals surface area contributed by atoms with Crippen molar-refractivity contribution in [3.05, 3.63) is 82.7 Å². The molecule has 2 fully saturated rings. The van der Waals surface area contributed by atoms with Crippen LogP contribution in [0.1, 0.15) is 58.1 Å². The predicted octanol–water partition coefficient (Wildman–Crippen LogP) is 5.37. The summed E-state index contributed by atoms with van der Waals surface area (Å²) in [4.78, 5) is 19.2. The normalized spacial score (nSPS) is 17.2. The number of piperidine rings is 1. The first-order chi connectivity index (χ1) is 21.5. The fourth-order valence-electron chi connectivity index (χ4n) is 6.12. The second-order valence-electron chi connectivity index (χ2n) is 11.3. The number of aromatic carboxylic acids is 1. The van der Waals surface area contributed by atoms with E-state index >= 15 is 0 Å². The Bertz CT molecular complexity index is 1700. The van der Waals surface area contributed by atoms with Crippen molar-refractivity contribution in [3.63, 3.8) is 0 Å². The van der Waals surface area contributed by atoms with E-state index in [-0.39, 0.29) is 11.7 Å². The van der Waals surface area contributed by atoms with Crippen molar-refractivity contribution in [2.24, 2.45) is 0 Å². The number of nitriles is 1. The number of carboxylic acids is 1. The summed E-state index contributed by atoms with van der Waals surface area (Å²) in [6.07, 6.45) is 3.01. The SMILES string of the molecule is COc1cc(C#N)ccc1COc1ccccc1C1CCN(Cc2nc3c(OC)cc(C(=O)O)cc3n2CC2CCO2)CC1. The molecule has 228 valence electrons. The van der Waals surface area contributed by atoms with Crippen LogP contribution in [0.3, 0.4) is 0 Å². The molecule has 0 radical (unpaired) electrons.